The first-order valence-corrected chi connectivity index (χ1v) is 14.8. The van der Waals surface area contributed by atoms with Crippen LogP contribution in [0, 0.1) is 11.8 Å². The third-order valence-corrected chi connectivity index (χ3v) is 9.95. The van der Waals surface area contributed by atoms with E-state index in [1.807, 2.05) is 12.1 Å². The summed E-state index contributed by atoms with van der Waals surface area (Å²) in [5, 5.41) is 45.1. The molecule has 44 heavy (non-hydrogen) atoms. The Morgan fingerprint density at radius 2 is 1.66 bits per heavy atom. The number of aliphatic hydroxyl groups is 3. The van der Waals surface area contributed by atoms with Crippen molar-refractivity contribution >= 4 is 17.5 Å². The van der Waals surface area contributed by atoms with Gasteiger partial charge in [0.25, 0.3) is 5.91 Å². The molecular formula is C34H37N3O7. The van der Waals surface area contributed by atoms with Gasteiger partial charge in [0.05, 0.1) is 11.6 Å². The van der Waals surface area contributed by atoms with Crippen molar-refractivity contribution < 1.29 is 34.8 Å². The number of amides is 1. The maximum Gasteiger partial charge on any atom is 0.255 e. The Bertz CT molecular complexity index is 1680. The number of nitrogens with zero attached hydrogens (tertiary/aromatic N) is 2. The predicted octanol–water partition coefficient (Wildman–Crippen LogP) is 2.94. The Morgan fingerprint density at radius 3 is 2.25 bits per heavy atom. The van der Waals surface area contributed by atoms with Crippen molar-refractivity contribution in [2.45, 2.75) is 57.0 Å². The van der Waals surface area contributed by atoms with E-state index in [1.54, 1.807) is 20.2 Å². The first-order valence-electron chi connectivity index (χ1n) is 14.8. The molecule has 4 aliphatic rings. The number of hydrogen-bond acceptors (Lipinski definition) is 9. The molecule has 0 saturated heterocycles. The van der Waals surface area contributed by atoms with Gasteiger partial charge in [0, 0.05) is 30.1 Å². The number of primary amides is 1. The van der Waals surface area contributed by atoms with Gasteiger partial charge in [-0.3, -0.25) is 24.2 Å². The van der Waals surface area contributed by atoms with Crippen LogP contribution in [-0.2, 0) is 22.6 Å². The van der Waals surface area contributed by atoms with Crippen LogP contribution in [0.1, 0.15) is 41.8 Å². The molecule has 0 radical (unpaired) electrons. The highest BCUT2D eigenvalue weighted by Gasteiger charge is 2.63. The molecule has 0 aromatic heterocycles. The minimum absolute atomic E-state index is 0.00171. The molecule has 1 amide bonds. The van der Waals surface area contributed by atoms with Crippen molar-refractivity contribution in [1.29, 1.82) is 0 Å². The maximum atomic E-state index is 14.0. The smallest absolute Gasteiger partial charge is 0.255 e. The Morgan fingerprint density at radius 1 is 1.02 bits per heavy atom. The van der Waals surface area contributed by atoms with E-state index in [2.05, 4.69) is 43.0 Å². The van der Waals surface area contributed by atoms with Crippen LogP contribution in [0.3, 0.4) is 0 Å². The van der Waals surface area contributed by atoms with Crippen molar-refractivity contribution in [2.24, 2.45) is 17.6 Å². The minimum atomic E-state index is -2.66. The van der Waals surface area contributed by atoms with E-state index in [4.69, 9.17) is 5.73 Å². The van der Waals surface area contributed by atoms with Gasteiger partial charge in [-0.2, -0.15) is 0 Å². The lowest BCUT2D eigenvalue weighted by Crippen LogP contribution is -2.63. The first-order chi connectivity index (χ1) is 20.8. The zero-order chi connectivity index (χ0) is 31.8. The Labute approximate surface area is 255 Å². The van der Waals surface area contributed by atoms with Gasteiger partial charge < -0.3 is 26.2 Å². The monoisotopic (exact) mass is 599 g/mol. The van der Waals surface area contributed by atoms with Crippen molar-refractivity contribution in [3.05, 3.63) is 87.9 Å². The fourth-order valence-corrected chi connectivity index (χ4v) is 7.72. The molecule has 2 unspecified atom stereocenters. The predicted molar refractivity (Wildman–Crippen MR) is 163 cm³/mol. The van der Waals surface area contributed by atoms with Gasteiger partial charge in [0.2, 0.25) is 5.78 Å². The Kier molecular flexibility index (Phi) is 7.07. The van der Waals surface area contributed by atoms with Crippen LogP contribution in [0.15, 0.2) is 71.2 Å². The molecular weight excluding hydrogens is 562 g/mol. The van der Waals surface area contributed by atoms with Gasteiger partial charge in [0.15, 0.2) is 11.4 Å². The third-order valence-electron chi connectivity index (χ3n) is 9.95. The largest absolute Gasteiger partial charge is 0.510 e. The van der Waals surface area contributed by atoms with Crippen molar-refractivity contribution in [1.82, 2.24) is 9.80 Å². The van der Waals surface area contributed by atoms with Crippen LogP contribution in [0.4, 0.5) is 0 Å². The number of likely N-dealkylation sites (N-methyl/N-ethyl adjacent to an activating group) is 1. The van der Waals surface area contributed by atoms with Gasteiger partial charge in [0.1, 0.15) is 22.8 Å². The van der Waals surface area contributed by atoms with Gasteiger partial charge in [-0.25, -0.2) is 0 Å². The summed E-state index contributed by atoms with van der Waals surface area (Å²) in [4.78, 5) is 43.6. The lowest BCUT2D eigenvalue weighted by atomic mass is 9.58. The molecule has 1 heterocycles. The third kappa shape index (κ3) is 4.23. The molecule has 6 rings (SSSR count). The van der Waals surface area contributed by atoms with Crippen LogP contribution in [0.25, 0.3) is 11.1 Å². The molecule has 0 bridgehead atoms. The standard InChI is InChI=1S/C34H37N3O7/c1-16-5-6-17(2)37(16)15-18-7-9-19(10-8-18)21-11-12-24(38)26-22(21)13-20-14-23-28(36(3)4)30(40)27(33(35)43)32(42)34(23,44)31(41)25(20)29(26)39/h5-12,16-17,20,23,28,38,40-41,44H,13-15H2,1-4H3,(H2,35,43)/t16?,17?,20-,23-,28-,34-/m0/s1. The molecule has 10 nitrogen and oxygen atoms in total. The number of aliphatic hydroxyl groups excluding tert-OH is 2. The maximum absolute atomic E-state index is 14.0. The summed E-state index contributed by atoms with van der Waals surface area (Å²) in [6.45, 7) is 5.12. The highest BCUT2D eigenvalue weighted by Crippen LogP contribution is 2.53. The summed E-state index contributed by atoms with van der Waals surface area (Å²) in [7, 11) is 3.21. The Balaban J connectivity index is 1.41. The number of benzene rings is 2. The lowest BCUT2D eigenvalue weighted by molar-refractivity contribution is -0.148. The highest BCUT2D eigenvalue weighted by atomic mass is 16.3. The van der Waals surface area contributed by atoms with Crippen LogP contribution < -0.4 is 5.73 Å². The Hall–Kier alpha value is -4.25. The van der Waals surface area contributed by atoms with Crippen LogP contribution in [0.5, 0.6) is 5.75 Å². The van der Waals surface area contributed by atoms with E-state index in [0.717, 1.165) is 23.2 Å². The summed E-state index contributed by atoms with van der Waals surface area (Å²) in [6.07, 6.45) is 4.67. The van der Waals surface area contributed by atoms with Crippen LogP contribution in [0.2, 0.25) is 0 Å². The highest BCUT2D eigenvalue weighted by molar-refractivity contribution is 6.24. The van der Waals surface area contributed by atoms with Crippen molar-refractivity contribution in [3.8, 4) is 16.9 Å². The second kappa shape index (κ2) is 10.4. The molecule has 230 valence electrons. The quantitative estimate of drug-likeness (QED) is 0.257. The number of nitrogens with two attached hydrogens (primary N) is 1. The SMILES string of the molecule is CC1C=CC(C)N1Cc1ccc(-c2ccc(O)c3c2C[C@H]2C[C@H]4[C@H](N(C)C)C(O)=C(C(N)=O)C(=O)[C@@]4(O)C(O)=C2C3=O)cc1. The zero-order valence-electron chi connectivity index (χ0n) is 25.1. The summed E-state index contributed by atoms with van der Waals surface area (Å²) in [5.74, 6) is -6.64. The number of ketones is 2. The number of phenolic OH excluding ortho intramolecular Hbond substituents is 1. The molecule has 0 fully saturated rings. The number of fused-ring (bicyclic) bond motifs is 3. The second-order valence-electron chi connectivity index (χ2n) is 12.7. The summed E-state index contributed by atoms with van der Waals surface area (Å²) >= 11 is 0. The van der Waals surface area contributed by atoms with Gasteiger partial charge >= 0.3 is 0 Å². The molecule has 10 heteroatoms. The molecule has 2 aromatic carbocycles. The average Bonchev–Trinajstić information content (AvgIpc) is 3.27. The van der Waals surface area contributed by atoms with E-state index in [9.17, 15) is 34.8 Å². The van der Waals surface area contributed by atoms with E-state index < -0.39 is 58.0 Å². The average molecular weight is 600 g/mol. The summed E-state index contributed by atoms with van der Waals surface area (Å²) in [6, 6.07) is 10.9. The van der Waals surface area contributed by atoms with Gasteiger partial charge in [-0.15, -0.1) is 0 Å². The lowest BCUT2D eigenvalue weighted by Gasteiger charge is -2.50. The zero-order valence-corrected chi connectivity index (χ0v) is 25.1. The fourth-order valence-electron chi connectivity index (χ4n) is 7.72. The number of rotatable bonds is 5. The fraction of sp³-hybridized carbons (Fsp3) is 0.382. The molecule has 0 spiro atoms. The minimum Gasteiger partial charge on any atom is -0.510 e. The van der Waals surface area contributed by atoms with E-state index in [0.29, 0.717) is 17.6 Å². The normalized spacial score (nSPS) is 30.1. The van der Waals surface area contributed by atoms with Gasteiger partial charge in [-0.1, -0.05) is 42.5 Å². The number of hydrogen-bond donors (Lipinski definition) is 5. The number of carbonyl (C=O) groups is 3. The van der Waals surface area contributed by atoms with Crippen molar-refractivity contribution in [3.63, 3.8) is 0 Å². The molecule has 3 aliphatic carbocycles. The molecule has 0 saturated carbocycles. The van der Waals surface area contributed by atoms with Crippen molar-refractivity contribution in [2.75, 3.05) is 14.1 Å². The number of phenols is 1. The first kappa shape index (κ1) is 29.8. The molecule has 1 aliphatic heterocycles. The number of carbonyl (C=O) groups excluding carboxylic acids is 3. The number of allylic oxidation sites excluding steroid dienone is 1. The topological polar surface area (TPSA) is 165 Å². The molecule has 6 N–H and O–H groups in total. The van der Waals surface area contributed by atoms with Crippen LogP contribution >= 0.6 is 0 Å². The molecule has 6 atom stereocenters. The summed E-state index contributed by atoms with van der Waals surface area (Å²) in [5.41, 5.74) is 5.10. The van der Waals surface area contributed by atoms with Crippen LogP contribution in [-0.4, -0.2) is 85.5 Å². The molecule has 2 aromatic rings. The van der Waals surface area contributed by atoms with E-state index >= 15 is 0 Å². The van der Waals surface area contributed by atoms with E-state index in [1.165, 1.54) is 11.0 Å². The number of Topliss-reactive ketones (excluding diaryl/α,β-unsaturated/α-hetero) is 2. The van der Waals surface area contributed by atoms with Gasteiger partial charge in [-0.05, 0) is 75.0 Å². The second-order valence-corrected chi connectivity index (χ2v) is 12.7. The van der Waals surface area contributed by atoms with E-state index in [-0.39, 0.29) is 29.7 Å². The summed E-state index contributed by atoms with van der Waals surface area (Å²) < 4.78 is 0. The number of aromatic hydroxyl groups is 1.